The largest absolute Gasteiger partial charge is 0.507 e. The zero-order chi connectivity index (χ0) is 19.3. The third-order valence-electron chi connectivity index (χ3n) is 4.03. The van der Waals surface area contributed by atoms with Crippen molar-refractivity contribution in [2.24, 2.45) is 0 Å². The third kappa shape index (κ3) is 2.64. The predicted molar refractivity (Wildman–Crippen MR) is 90.0 cm³/mol. The molecule has 1 N–H and O–H groups in total. The zero-order valence-electron chi connectivity index (χ0n) is 13.3. The number of halogens is 3. The van der Waals surface area contributed by atoms with Gasteiger partial charge >= 0.3 is 11.8 Å². The molecule has 3 aromatic heterocycles. The Morgan fingerprint density at radius 1 is 1.07 bits per heavy atom. The first-order valence-electron chi connectivity index (χ1n) is 7.61. The summed E-state index contributed by atoms with van der Waals surface area (Å²) >= 11 is 0. The van der Waals surface area contributed by atoms with Crippen LogP contribution in [0.3, 0.4) is 0 Å². The molecule has 0 radical (unpaired) electrons. The van der Waals surface area contributed by atoms with Crippen molar-refractivity contribution >= 4 is 22.0 Å². The molecule has 0 spiro atoms. The van der Waals surface area contributed by atoms with Crippen molar-refractivity contribution in [1.82, 2.24) is 9.55 Å². The van der Waals surface area contributed by atoms with Gasteiger partial charge in [-0.05, 0) is 30.3 Å². The fraction of sp³-hybridized carbons (Fsp3) is 0.0556. The number of hydrogen-bond acceptors (Lipinski definition) is 5. The number of rotatable bonds is 1. The number of hydrogen-bond donors (Lipinski definition) is 1. The first-order valence-corrected chi connectivity index (χ1v) is 7.61. The smallest absolute Gasteiger partial charge is 0.416 e. The molecule has 3 heterocycles. The van der Waals surface area contributed by atoms with Crippen LogP contribution in [-0.4, -0.2) is 14.7 Å². The summed E-state index contributed by atoms with van der Waals surface area (Å²) in [6.45, 7) is 0. The van der Waals surface area contributed by atoms with Crippen molar-refractivity contribution in [2.45, 2.75) is 6.18 Å². The molecule has 4 rings (SSSR count). The van der Waals surface area contributed by atoms with E-state index in [1.54, 1.807) is 0 Å². The number of aromatic nitrogens is 2. The molecule has 136 valence electrons. The lowest BCUT2D eigenvalue weighted by atomic mass is 10.1. The summed E-state index contributed by atoms with van der Waals surface area (Å²) in [6, 6.07) is 7.87. The molecular weight excluding hydrogens is 365 g/mol. The van der Waals surface area contributed by atoms with Crippen LogP contribution >= 0.6 is 0 Å². The maximum Gasteiger partial charge on any atom is 0.416 e. The maximum absolute atomic E-state index is 13.1. The van der Waals surface area contributed by atoms with E-state index in [2.05, 4.69) is 4.98 Å². The molecule has 0 fully saturated rings. The second-order valence-corrected chi connectivity index (χ2v) is 5.72. The van der Waals surface area contributed by atoms with E-state index in [1.807, 2.05) is 0 Å². The molecule has 0 amide bonds. The van der Waals surface area contributed by atoms with Crippen LogP contribution in [0, 0.1) is 0 Å². The van der Waals surface area contributed by atoms with Crippen molar-refractivity contribution in [2.75, 3.05) is 0 Å². The highest BCUT2D eigenvalue weighted by Gasteiger charge is 2.31. The van der Waals surface area contributed by atoms with E-state index in [1.165, 1.54) is 24.4 Å². The summed E-state index contributed by atoms with van der Waals surface area (Å²) in [5.74, 6) is -0.627. The standard InChI is InChI=1S/C18H9F3N2O4/c19-18(20,21)9-3-1-4-10(7-9)23-16-11(5-2-6-22-16)15-14(17(23)26)12(24)8-13(25)27-15/h1-8,24H. The van der Waals surface area contributed by atoms with Crippen LogP contribution in [0.5, 0.6) is 5.75 Å². The summed E-state index contributed by atoms with van der Waals surface area (Å²) in [6.07, 6.45) is -3.26. The number of fused-ring (bicyclic) bond motifs is 3. The fourth-order valence-electron chi connectivity index (χ4n) is 2.90. The van der Waals surface area contributed by atoms with Crippen LogP contribution in [-0.2, 0) is 6.18 Å². The number of alkyl halides is 3. The van der Waals surface area contributed by atoms with Crippen LogP contribution < -0.4 is 11.2 Å². The average molecular weight is 374 g/mol. The number of benzene rings is 1. The van der Waals surface area contributed by atoms with E-state index in [4.69, 9.17) is 4.42 Å². The van der Waals surface area contributed by atoms with Gasteiger partial charge in [0.2, 0.25) is 0 Å². The van der Waals surface area contributed by atoms with Gasteiger partial charge in [0, 0.05) is 6.20 Å². The van der Waals surface area contributed by atoms with Gasteiger partial charge in [-0.1, -0.05) is 6.07 Å². The Morgan fingerprint density at radius 2 is 1.85 bits per heavy atom. The molecule has 0 unspecified atom stereocenters. The van der Waals surface area contributed by atoms with Crippen molar-refractivity contribution < 1.29 is 22.7 Å². The van der Waals surface area contributed by atoms with Gasteiger partial charge < -0.3 is 9.52 Å². The highest BCUT2D eigenvalue weighted by Crippen LogP contribution is 2.32. The second-order valence-electron chi connectivity index (χ2n) is 5.72. The molecule has 0 aliphatic carbocycles. The SMILES string of the molecule is O=c1cc(O)c2c(=O)n(-c3cccc(C(F)(F)F)c3)c3ncccc3c2o1. The van der Waals surface area contributed by atoms with Crippen molar-refractivity contribution in [3.8, 4) is 11.4 Å². The molecule has 0 aliphatic rings. The van der Waals surface area contributed by atoms with Crippen LogP contribution in [0.25, 0.3) is 27.7 Å². The van der Waals surface area contributed by atoms with E-state index in [-0.39, 0.29) is 27.7 Å². The second kappa shape index (κ2) is 5.70. The number of aromatic hydroxyl groups is 1. The Kier molecular flexibility index (Phi) is 3.55. The van der Waals surface area contributed by atoms with Gasteiger partial charge in [-0.2, -0.15) is 13.2 Å². The molecule has 0 bridgehead atoms. The van der Waals surface area contributed by atoms with Crippen LogP contribution in [0.4, 0.5) is 13.2 Å². The van der Waals surface area contributed by atoms with Crippen molar-refractivity contribution in [1.29, 1.82) is 0 Å². The molecule has 1 aromatic carbocycles. The lowest BCUT2D eigenvalue weighted by Gasteiger charge is -2.14. The molecule has 0 aliphatic heterocycles. The predicted octanol–water partition coefficient (Wildman–Crippen LogP) is 3.22. The Bertz CT molecular complexity index is 1320. The summed E-state index contributed by atoms with van der Waals surface area (Å²) in [4.78, 5) is 28.6. The Balaban J connectivity index is 2.21. The van der Waals surface area contributed by atoms with Gasteiger partial charge in [0.1, 0.15) is 11.1 Å². The van der Waals surface area contributed by atoms with Gasteiger partial charge in [-0.25, -0.2) is 9.78 Å². The minimum Gasteiger partial charge on any atom is -0.507 e. The van der Waals surface area contributed by atoms with E-state index in [0.29, 0.717) is 0 Å². The van der Waals surface area contributed by atoms with Gasteiger partial charge in [-0.15, -0.1) is 0 Å². The fourth-order valence-corrected chi connectivity index (χ4v) is 2.90. The van der Waals surface area contributed by atoms with Crippen molar-refractivity contribution in [3.05, 3.63) is 75.0 Å². The van der Waals surface area contributed by atoms with Crippen LogP contribution in [0.15, 0.2) is 62.7 Å². The van der Waals surface area contributed by atoms with Gasteiger partial charge in [0.15, 0.2) is 11.2 Å². The molecule has 0 saturated carbocycles. The first kappa shape index (κ1) is 16.8. The average Bonchev–Trinajstić information content (AvgIpc) is 2.61. The number of pyridine rings is 2. The first-order chi connectivity index (χ1) is 12.8. The van der Waals surface area contributed by atoms with Gasteiger partial charge in [0.05, 0.1) is 22.7 Å². The van der Waals surface area contributed by atoms with Gasteiger partial charge in [-0.3, -0.25) is 9.36 Å². The Labute approximate surface area is 147 Å². The topological polar surface area (TPSA) is 85.3 Å². The highest BCUT2D eigenvalue weighted by molar-refractivity contribution is 6.02. The molecule has 0 atom stereocenters. The minimum atomic E-state index is -4.60. The zero-order valence-corrected chi connectivity index (χ0v) is 13.3. The molecule has 6 nitrogen and oxygen atoms in total. The third-order valence-corrected chi connectivity index (χ3v) is 4.03. The molecule has 9 heteroatoms. The summed E-state index contributed by atoms with van der Waals surface area (Å²) in [5.41, 5.74) is -2.97. The van der Waals surface area contributed by atoms with E-state index < -0.39 is 28.7 Å². The normalized spacial score (nSPS) is 12.0. The maximum atomic E-state index is 13.1. The Morgan fingerprint density at radius 3 is 2.59 bits per heavy atom. The molecule has 0 saturated heterocycles. The molecule has 4 aromatic rings. The highest BCUT2D eigenvalue weighted by atomic mass is 19.4. The molecular formula is C18H9F3N2O4. The van der Waals surface area contributed by atoms with E-state index in [9.17, 15) is 27.9 Å². The quantitative estimate of drug-likeness (QED) is 0.517. The van der Waals surface area contributed by atoms with Crippen LogP contribution in [0.2, 0.25) is 0 Å². The number of nitrogens with zero attached hydrogens (tertiary/aromatic N) is 2. The molecule has 27 heavy (non-hydrogen) atoms. The summed E-state index contributed by atoms with van der Waals surface area (Å²) < 4.78 is 45.2. The monoisotopic (exact) mass is 374 g/mol. The summed E-state index contributed by atoms with van der Waals surface area (Å²) in [7, 11) is 0. The minimum absolute atomic E-state index is 0.0110. The Hall–Kier alpha value is -3.62. The van der Waals surface area contributed by atoms with Crippen LogP contribution in [0.1, 0.15) is 5.56 Å². The lowest BCUT2D eigenvalue weighted by molar-refractivity contribution is -0.137. The van der Waals surface area contributed by atoms with E-state index >= 15 is 0 Å². The lowest BCUT2D eigenvalue weighted by Crippen LogP contribution is -2.21. The van der Waals surface area contributed by atoms with E-state index in [0.717, 1.165) is 28.8 Å². The summed E-state index contributed by atoms with van der Waals surface area (Å²) in [5, 5.41) is 9.94. The van der Waals surface area contributed by atoms with Crippen molar-refractivity contribution in [3.63, 3.8) is 0 Å². The van der Waals surface area contributed by atoms with Gasteiger partial charge in [0.25, 0.3) is 5.56 Å².